The molecule has 1 heterocycles. The van der Waals surface area contributed by atoms with Crippen LogP contribution in [0, 0.1) is 0 Å². The lowest BCUT2D eigenvalue weighted by Gasteiger charge is -2.06. The van der Waals surface area contributed by atoms with E-state index in [1.165, 1.54) is 5.56 Å². The summed E-state index contributed by atoms with van der Waals surface area (Å²) in [7, 11) is 0. The van der Waals surface area contributed by atoms with E-state index in [2.05, 4.69) is 49.3 Å². The number of hydrogen-bond acceptors (Lipinski definition) is 2. The molecule has 106 valence electrons. The Morgan fingerprint density at radius 3 is 2.50 bits per heavy atom. The second-order valence-electron chi connectivity index (χ2n) is 4.96. The minimum atomic E-state index is 0.710. The molecule has 0 spiro atoms. The van der Waals surface area contributed by atoms with Gasteiger partial charge in [-0.15, -0.1) is 6.58 Å². The summed E-state index contributed by atoms with van der Waals surface area (Å²) in [5, 5.41) is 0. The van der Waals surface area contributed by atoms with Gasteiger partial charge in [0.25, 0.3) is 0 Å². The molecule has 2 rings (SSSR count). The number of rotatable bonds is 6. The molecule has 0 amide bonds. The van der Waals surface area contributed by atoms with Crippen LogP contribution in [0.3, 0.4) is 0 Å². The van der Waals surface area contributed by atoms with Gasteiger partial charge >= 0.3 is 0 Å². The molecule has 0 saturated carbocycles. The fourth-order valence-electron chi connectivity index (χ4n) is 2.37. The quantitative estimate of drug-likeness (QED) is 0.810. The molecule has 3 nitrogen and oxygen atoms in total. The van der Waals surface area contributed by atoms with E-state index in [0.29, 0.717) is 6.54 Å². The minimum absolute atomic E-state index is 0.710. The highest BCUT2D eigenvalue weighted by atomic mass is 15.1. The van der Waals surface area contributed by atoms with Crippen molar-refractivity contribution in [2.75, 3.05) is 5.73 Å². The lowest BCUT2D eigenvalue weighted by Crippen LogP contribution is -2.05. The van der Waals surface area contributed by atoms with Crippen molar-refractivity contribution in [1.82, 2.24) is 9.55 Å². The van der Waals surface area contributed by atoms with Gasteiger partial charge in [-0.25, -0.2) is 4.98 Å². The number of benzene rings is 1. The van der Waals surface area contributed by atoms with Gasteiger partial charge in [0.05, 0.1) is 0 Å². The van der Waals surface area contributed by atoms with Crippen LogP contribution in [0.5, 0.6) is 0 Å². The normalized spacial score (nSPS) is 10.7. The van der Waals surface area contributed by atoms with E-state index < -0.39 is 0 Å². The van der Waals surface area contributed by atoms with Crippen LogP contribution in [-0.4, -0.2) is 9.55 Å². The van der Waals surface area contributed by atoms with Gasteiger partial charge < -0.3 is 10.3 Å². The van der Waals surface area contributed by atoms with E-state index in [-0.39, 0.29) is 0 Å². The number of allylic oxidation sites excluding steroid dienone is 1. The summed E-state index contributed by atoms with van der Waals surface area (Å²) in [6.45, 7) is 8.81. The summed E-state index contributed by atoms with van der Waals surface area (Å²) in [4.78, 5) is 4.73. The summed E-state index contributed by atoms with van der Waals surface area (Å²) in [5.74, 6) is 1.78. The lowest BCUT2D eigenvalue weighted by molar-refractivity contribution is 0.724. The molecular formula is C17H23N3. The van der Waals surface area contributed by atoms with E-state index in [1.54, 1.807) is 0 Å². The summed E-state index contributed by atoms with van der Waals surface area (Å²) in [6, 6.07) is 8.48. The number of hydrogen-bond donors (Lipinski definition) is 1. The smallest absolute Gasteiger partial charge is 0.132 e. The van der Waals surface area contributed by atoms with Crippen LogP contribution in [0.1, 0.15) is 31.7 Å². The molecule has 2 N–H and O–H groups in total. The third-order valence-corrected chi connectivity index (χ3v) is 3.51. The third-order valence-electron chi connectivity index (χ3n) is 3.51. The summed E-state index contributed by atoms with van der Waals surface area (Å²) in [6.07, 6.45) is 4.90. The van der Waals surface area contributed by atoms with Crippen molar-refractivity contribution in [2.45, 2.75) is 39.7 Å². The molecule has 0 fully saturated rings. The van der Waals surface area contributed by atoms with E-state index >= 15 is 0 Å². The molecule has 3 heteroatoms. The van der Waals surface area contributed by atoms with E-state index in [1.807, 2.05) is 6.08 Å². The Balaban J connectivity index is 2.44. The van der Waals surface area contributed by atoms with Crippen LogP contribution < -0.4 is 5.73 Å². The van der Waals surface area contributed by atoms with E-state index in [9.17, 15) is 0 Å². The van der Waals surface area contributed by atoms with Gasteiger partial charge in [-0.2, -0.15) is 0 Å². The average molecular weight is 269 g/mol. The van der Waals surface area contributed by atoms with Crippen LogP contribution in [0.15, 0.2) is 36.9 Å². The molecule has 0 aliphatic heterocycles. The summed E-state index contributed by atoms with van der Waals surface area (Å²) >= 11 is 0. The van der Waals surface area contributed by atoms with Crippen LogP contribution in [0.4, 0.5) is 5.82 Å². The first-order valence-corrected chi connectivity index (χ1v) is 7.26. The van der Waals surface area contributed by atoms with Gasteiger partial charge in [-0.05, 0) is 18.4 Å². The lowest BCUT2D eigenvalue weighted by atomic mass is 10.1. The number of nitrogens with two attached hydrogens (primary N) is 1. The summed E-state index contributed by atoms with van der Waals surface area (Å²) < 4.78 is 2.06. The number of aromatic nitrogens is 2. The maximum atomic E-state index is 6.28. The molecule has 0 aliphatic carbocycles. The first-order valence-electron chi connectivity index (χ1n) is 7.26. The Hall–Kier alpha value is -2.03. The molecule has 0 bridgehead atoms. The number of aryl methyl sites for hydroxylation is 2. The molecule has 0 radical (unpaired) electrons. The van der Waals surface area contributed by atoms with Crippen molar-refractivity contribution >= 4 is 5.82 Å². The Morgan fingerprint density at radius 2 is 1.95 bits per heavy atom. The molecule has 1 aromatic carbocycles. The largest absolute Gasteiger partial charge is 0.383 e. The predicted octanol–water partition coefficient (Wildman–Crippen LogP) is 3.83. The van der Waals surface area contributed by atoms with E-state index in [0.717, 1.165) is 42.2 Å². The van der Waals surface area contributed by atoms with Crippen molar-refractivity contribution in [1.29, 1.82) is 0 Å². The molecule has 0 aliphatic rings. The number of nitrogens with zero attached hydrogens (tertiary/aromatic N) is 2. The number of imidazole rings is 1. The Labute approximate surface area is 121 Å². The highest BCUT2D eigenvalue weighted by Crippen LogP contribution is 2.27. The van der Waals surface area contributed by atoms with Gasteiger partial charge in [0.15, 0.2) is 0 Å². The Morgan fingerprint density at radius 1 is 1.25 bits per heavy atom. The molecule has 1 aromatic heterocycles. The first-order chi connectivity index (χ1) is 9.71. The fraction of sp³-hybridized carbons (Fsp3) is 0.353. The van der Waals surface area contributed by atoms with Crippen molar-refractivity contribution in [3.63, 3.8) is 0 Å². The topological polar surface area (TPSA) is 43.8 Å². The molecular weight excluding hydrogens is 246 g/mol. The number of anilines is 1. The highest BCUT2D eigenvalue weighted by molar-refractivity contribution is 5.71. The van der Waals surface area contributed by atoms with Gasteiger partial charge in [0.1, 0.15) is 17.3 Å². The van der Waals surface area contributed by atoms with Crippen LogP contribution in [-0.2, 0) is 19.4 Å². The molecule has 0 atom stereocenters. The van der Waals surface area contributed by atoms with Crippen molar-refractivity contribution < 1.29 is 0 Å². The SMILES string of the molecule is C=CCn1c(CCC)nc(-c2ccc(CC)cc2)c1N. The van der Waals surface area contributed by atoms with Crippen molar-refractivity contribution in [3.05, 3.63) is 48.3 Å². The first kappa shape index (κ1) is 14.4. The predicted molar refractivity (Wildman–Crippen MR) is 85.6 cm³/mol. The number of nitrogen functional groups attached to an aromatic ring is 1. The van der Waals surface area contributed by atoms with Gasteiger partial charge in [-0.1, -0.05) is 44.2 Å². The zero-order valence-electron chi connectivity index (χ0n) is 12.4. The monoisotopic (exact) mass is 269 g/mol. The van der Waals surface area contributed by atoms with Crippen molar-refractivity contribution in [2.24, 2.45) is 0 Å². The van der Waals surface area contributed by atoms with E-state index in [4.69, 9.17) is 10.7 Å². The Kier molecular flexibility index (Phi) is 4.61. The van der Waals surface area contributed by atoms with Crippen LogP contribution in [0.2, 0.25) is 0 Å². The minimum Gasteiger partial charge on any atom is -0.383 e. The standard InChI is InChI=1S/C17H23N3/c1-4-7-15-19-16(17(18)20(15)12-5-2)14-10-8-13(6-3)9-11-14/h5,8-11H,2,4,6-7,12,18H2,1,3H3. The molecule has 20 heavy (non-hydrogen) atoms. The third kappa shape index (κ3) is 2.77. The molecule has 0 unspecified atom stereocenters. The highest BCUT2D eigenvalue weighted by Gasteiger charge is 2.14. The zero-order chi connectivity index (χ0) is 14.5. The average Bonchev–Trinajstić information content (AvgIpc) is 2.77. The zero-order valence-corrected chi connectivity index (χ0v) is 12.4. The maximum Gasteiger partial charge on any atom is 0.132 e. The van der Waals surface area contributed by atoms with Crippen molar-refractivity contribution in [3.8, 4) is 11.3 Å². The second-order valence-corrected chi connectivity index (χ2v) is 4.96. The van der Waals surface area contributed by atoms with Gasteiger partial charge in [0, 0.05) is 18.5 Å². The maximum absolute atomic E-state index is 6.28. The summed E-state index contributed by atoms with van der Waals surface area (Å²) in [5.41, 5.74) is 9.57. The van der Waals surface area contributed by atoms with Crippen LogP contribution in [0.25, 0.3) is 11.3 Å². The Bertz CT molecular complexity index is 579. The fourth-order valence-corrected chi connectivity index (χ4v) is 2.37. The second kappa shape index (κ2) is 6.42. The van der Waals surface area contributed by atoms with Crippen LogP contribution >= 0.6 is 0 Å². The van der Waals surface area contributed by atoms with Gasteiger partial charge in [-0.3, -0.25) is 0 Å². The molecule has 2 aromatic rings. The van der Waals surface area contributed by atoms with Gasteiger partial charge in [0.2, 0.25) is 0 Å². The molecule has 0 saturated heterocycles.